The van der Waals surface area contributed by atoms with Crippen molar-refractivity contribution in [3.05, 3.63) is 39.7 Å². The van der Waals surface area contributed by atoms with Gasteiger partial charge in [-0.25, -0.2) is 4.39 Å². The Labute approximate surface area is 115 Å². The van der Waals surface area contributed by atoms with Crippen molar-refractivity contribution in [2.24, 2.45) is 0 Å². The fraction of sp³-hybridized carbons (Fsp3) is 0.462. The fourth-order valence-corrected chi connectivity index (χ4v) is 2.28. The highest BCUT2D eigenvalue weighted by Crippen LogP contribution is 2.19. The van der Waals surface area contributed by atoms with Gasteiger partial charge in [0.05, 0.1) is 4.92 Å². The molecular weight excluding hydrogens is 265 g/mol. The molecule has 20 heavy (non-hydrogen) atoms. The van der Waals surface area contributed by atoms with E-state index in [-0.39, 0.29) is 11.3 Å². The first kappa shape index (κ1) is 14.4. The van der Waals surface area contributed by atoms with Crippen LogP contribution in [0.25, 0.3) is 0 Å². The lowest BCUT2D eigenvalue weighted by Crippen LogP contribution is -2.33. The summed E-state index contributed by atoms with van der Waals surface area (Å²) in [6.07, 6.45) is 2.31. The van der Waals surface area contributed by atoms with Crippen molar-refractivity contribution in [2.45, 2.75) is 12.8 Å². The number of benzene rings is 1. The van der Waals surface area contributed by atoms with Crippen LogP contribution in [0, 0.1) is 15.9 Å². The van der Waals surface area contributed by atoms with Crippen molar-refractivity contribution in [2.75, 3.05) is 26.2 Å². The third-order valence-electron chi connectivity index (χ3n) is 3.31. The van der Waals surface area contributed by atoms with Crippen LogP contribution in [0.3, 0.4) is 0 Å². The molecule has 1 amide bonds. The van der Waals surface area contributed by atoms with E-state index in [1.165, 1.54) is 0 Å². The molecule has 1 aromatic rings. The van der Waals surface area contributed by atoms with Crippen LogP contribution in [0.15, 0.2) is 18.2 Å². The molecule has 1 heterocycles. The lowest BCUT2D eigenvalue weighted by Gasteiger charge is -2.14. The predicted octanol–water partition coefficient (Wildman–Crippen LogP) is 1.56. The highest BCUT2D eigenvalue weighted by atomic mass is 19.1. The molecule has 1 aliphatic heterocycles. The number of nitrogens with zero attached hydrogens (tertiary/aromatic N) is 2. The van der Waals surface area contributed by atoms with Gasteiger partial charge >= 0.3 is 0 Å². The van der Waals surface area contributed by atoms with Crippen molar-refractivity contribution in [1.82, 2.24) is 10.2 Å². The SMILES string of the molecule is O=C(NCCN1CCCC1)c1cc(F)ccc1[N+](=O)[O-]. The number of hydrogen-bond donors (Lipinski definition) is 1. The number of rotatable bonds is 5. The minimum Gasteiger partial charge on any atom is -0.351 e. The van der Waals surface area contributed by atoms with Gasteiger partial charge in [0.15, 0.2) is 0 Å². The van der Waals surface area contributed by atoms with Gasteiger partial charge in [0.1, 0.15) is 11.4 Å². The maximum absolute atomic E-state index is 13.1. The number of nitro benzene ring substituents is 1. The Balaban J connectivity index is 1.97. The van der Waals surface area contributed by atoms with Gasteiger partial charge in [-0.2, -0.15) is 0 Å². The van der Waals surface area contributed by atoms with Gasteiger partial charge in [-0.05, 0) is 38.1 Å². The van der Waals surface area contributed by atoms with E-state index in [2.05, 4.69) is 10.2 Å². The predicted molar refractivity (Wildman–Crippen MR) is 71.1 cm³/mol. The molecule has 1 aromatic carbocycles. The quantitative estimate of drug-likeness (QED) is 0.656. The zero-order valence-corrected chi connectivity index (χ0v) is 11.0. The van der Waals surface area contributed by atoms with Crippen LogP contribution >= 0.6 is 0 Å². The lowest BCUT2D eigenvalue weighted by molar-refractivity contribution is -0.385. The number of nitrogens with one attached hydrogen (secondary N) is 1. The van der Waals surface area contributed by atoms with Crippen LogP contribution < -0.4 is 5.32 Å². The molecule has 0 atom stereocenters. The Morgan fingerprint density at radius 3 is 2.75 bits per heavy atom. The minimum absolute atomic E-state index is 0.239. The summed E-state index contributed by atoms with van der Waals surface area (Å²) in [5, 5.41) is 13.4. The maximum atomic E-state index is 13.1. The second-order valence-electron chi connectivity index (χ2n) is 4.72. The Morgan fingerprint density at radius 1 is 1.40 bits per heavy atom. The fourth-order valence-electron chi connectivity index (χ4n) is 2.28. The second-order valence-corrected chi connectivity index (χ2v) is 4.72. The van der Waals surface area contributed by atoms with E-state index in [0.29, 0.717) is 13.1 Å². The van der Waals surface area contributed by atoms with Crippen LogP contribution in [0.5, 0.6) is 0 Å². The summed E-state index contributed by atoms with van der Waals surface area (Å²) in [4.78, 5) is 24.2. The molecule has 7 heteroatoms. The van der Waals surface area contributed by atoms with Crippen LogP contribution in [0.2, 0.25) is 0 Å². The molecule has 0 aliphatic carbocycles. The molecule has 0 unspecified atom stereocenters. The third kappa shape index (κ3) is 3.51. The van der Waals surface area contributed by atoms with Gasteiger partial charge in [-0.3, -0.25) is 14.9 Å². The van der Waals surface area contributed by atoms with Crippen LogP contribution in [-0.4, -0.2) is 41.9 Å². The molecule has 1 aliphatic rings. The molecule has 2 rings (SSSR count). The topological polar surface area (TPSA) is 75.5 Å². The second kappa shape index (κ2) is 6.42. The van der Waals surface area contributed by atoms with E-state index >= 15 is 0 Å². The van der Waals surface area contributed by atoms with Crippen molar-refractivity contribution < 1.29 is 14.1 Å². The smallest absolute Gasteiger partial charge is 0.282 e. The number of halogens is 1. The average Bonchev–Trinajstić information content (AvgIpc) is 2.91. The number of carbonyl (C=O) groups is 1. The molecule has 1 N–H and O–H groups in total. The van der Waals surface area contributed by atoms with Crippen LogP contribution in [0.1, 0.15) is 23.2 Å². The normalized spacial score (nSPS) is 15.2. The largest absolute Gasteiger partial charge is 0.351 e. The Kier molecular flexibility index (Phi) is 4.62. The van der Waals surface area contributed by atoms with Gasteiger partial charge in [-0.15, -0.1) is 0 Å². The number of hydrogen-bond acceptors (Lipinski definition) is 4. The minimum atomic E-state index is -0.686. The number of likely N-dealkylation sites (tertiary alicyclic amines) is 1. The Bertz CT molecular complexity index is 516. The standard InChI is InChI=1S/C13H16FN3O3/c14-10-3-4-12(17(19)20)11(9-10)13(18)15-5-8-16-6-1-2-7-16/h3-4,9H,1-2,5-8H2,(H,15,18). The molecule has 108 valence electrons. The van der Waals surface area contributed by atoms with E-state index in [9.17, 15) is 19.3 Å². The molecule has 0 bridgehead atoms. The van der Waals surface area contributed by atoms with Crippen LogP contribution in [-0.2, 0) is 0 Å². The van der Waals surface area contributed by atoms with Gasteiger partial charge in [0.2, 0.25) is 0 Å². The average molecular weight is 281 g/mol. The van der Waals surface area contributed by atoms with Crippen molar-refractivity contribution in [3.8, 4) is 0 Å². The van der Waals surface area contributed by atoms with Crippen molar-refractivity contribution >= 4 is 11.6 Å². The first-order valence-corrected chi connectivity index (χ1v) is 6.52. The summed E-state index contributed by atoms with van der Waals surface area (Å²) in [5.41, 5.74) is -0.624. The molecular formula is C13H16FN3O3. The zero-order valence-electron chi connectivity index (χ0n) is 11.0. The first-order valence-electron chi connectivity index (χ1n) is 6.52. The van der Waals surface area contributed by atoms with Gasteiger partial charge in [0, 0.05) is 19.2 Å². The first-order chi connectivity index (χ1) is 9.58. The number of nitro groups is 1. The molecule has 0 spiro atoms. The molecule has 0 saturated carbocycles. The maximum Gasteiger partial charge on any atom is 0.282 e. The van der Waals surface area contributed by atoms with E-state index in [4.69, 9.17) is 0 Å². The zero-order chi connectivity index (χ0) is 14.5. The summed E-state index contributed by atoms with van der Waals surface area (Å²) in [6.45, 7) is 3.12. The summed E-state index contributed by atoms with van der Waals surface area (Å²) < 4.78 is 13.1. The van der Waals surface area contributed by atoms with E-state index < -0.39 is 16.6 Å². The summed E-state index contributed by atoms with van der Waals surface area (Å²) >= 11 is 0. The molecule has 6 nitrogen and oxygen atoms in total. The Morgan fingerprint density at radius 2 is 2.10 bits per heavy atom. The monoisotopic (exact) mass is 281 g/mol. The van der Waals surface area contributed by atoms with E-state index in [0.717, 1.165) is 44.1 Å². The molecule has 1 fully saturated rings. The van der Waals surface area contributed by atoms with Gasteiger partial charge < -0.3 is 10.2 Å². The van der Waals surface area contributed by atoms with Crippen LogP contribution in [0.4, 0.5) is 10.1 Å². The van der Waals surface area contributed by atoms with Crippen molar-refractivity contribution in [3.63, 3.8) is 0 Å². The van der Waals surface area contributed by atoms with Gasteiger partial charge in [0.25, 0.3) is 11.6 Å². The number of amides is 1. The van der Waals surface area contributed by atoms with Crippen molar-refractivity contribution in [1.29, 1.82) is 0 Å². The van der Waals surface area contributed by atoms with Gasteiger partial charge in [-0.1, -0.05) is 0 Å². The lowest BCUT2D eigenvalue weighted by atomic mass is 10.1. The van der Waals surface area contributed by atoms with E-state index in [1.807, 2.05) is 0 Å². The number of carbonyl (C=O) groups excluding carboxylic acids is 1. The molecule has 0 aromatic heterocycles. The van der Waals surface area contributed by atoms with E-state index in [1.54, 1.807) is 0 Å². The third-order valence-corrected chi connectivity index (χ3v) is 3.31. The highest BCUT2D eigenvalue weighted by Gasteiger charge is 2.21. The molecule has 1 saturated heterocycles. The summed E-state index contributed by atoms with van der Waals surface area (Å²) in [5.74, 6) is -1.28. The molecule has 0 radical (unpaired) electrons. The Hall–Kier alpha value is -2.02. The summed E-state index contributed by atoms with van der Waals surface area (Å²) in [7, 11) is 0. The summed E-state index contributed by atoms with van der Waals surface area (Å²) in [6, 6.07) is 2.87. The highest BCUT2D eigenvalue weighted by molar-refractivity contribution is 5.98.